The van der Waals surface area contributed by atoms with E-state index in [4.69, 9.17) is 11.6 Å². The molecule has 3 aromatic rings. The van der Waals surface area contributed by atoms with Gasteiger partial charge < -0.3 is 4.90 Å². The van der Waals surface area contributed by atoms with Gasteiger partial charge in [-0.3, -0.25) is 10.1 Å². The van der Waals surface area contributed by atoms with Crippen molar-refractivity contribution >= 4 is 49.7 Å². The number of carbonyl (C=O) groups excluding carboxylic acids is 1. The van der Waals surface area contributed by atoms with Crippen LogP contribution in [0, 0.1) is 5.92 Å². The molecule has 33 heavy (non-hydrogen) atoms. The number of anilines is 2. The average molecular weight is 506 g/mol. The standard InChI is InChI=1S/C22H24ClN5O3S2/c1-15-5-4-12-28(14-15)17-10-8-16(9-11-17)13-24-33(30,31)22-27-26-21(32-22)25-20(29)18-6-2-3-7-19(18)23/h2-3,6-11,15,24H,4-5,12-14H2,1H3,(H,25,26,29)/t15-/m1/s1. The van der Waals surface area contributed by atoms with E-state index in [0.717, 1.165) is 35.7 Å². The summed E-state index contributed by atoms with van der Waals surface area (Å²) in [5.74, 6) is 0.188. The molecule has 1 aliphatic heterocycles. The normalized spacial score (nSPS) is 16.5. The Morgan fingerprint density at radius 2 is 1.94 bits per heavy atom. The third kappa shape index (κ3) is 5.89. The lowest BCUT2D eigenvalue weighted by Gasteiger charge is -2.32. The van der Waals surface area contributed by atoms with Gasteiger partial charge in [0.15, 0.2) is 0 Å². The molecule has 2 heterocycles. The fourth-order valence-electron chi connectivity index (χ4n) is 3.67. The molecule has 1 aromatic heterocycles. The topological polar surface area (TPSA) is 104 Å². The van der Waals surface area contributed by atoms with Crippen LogP contribution in [0.15, 0.2) is 52.9 Å². The number of sulfonamides is 1. The molecule has 0 bridgehead atoms. The number of halogens is 1. The molecule has 0 spiro atoms. The molecule has 0 saturated carbocycles. The molecule has 0 unspecified atom stereocenters. The van der Waals surface area contributed by atoms with E-state index >= 15 is 0 Å². The van der Waals surface area contributed by atoms with Gasteiger partial charge in [0.25, 0.3) is 15.9 Å². The Kier molecular flexibility index (Phi) is 7.28. The zero-order chi connectivity index (χ0) is 23.4. The van der Waals surface area contributed by atoms with Crippen LogP contribution in [0.1, 0.15) is 35.7 Å². The third-order valence-corrected chi connectivity index (χ3v) is 8.34. The van der Waals surface area contributed by atoms with E-state index in [0.29, 0.717) is 5.92 Å². The predicted octanol–water partition coefficient (Wildman–Crippen LogP) is 4.16. The van der Waals surface area contributed by atoms with Crippen LogP contribution in [-0.2, 0) is 16.6 Å². The Balaban J connectivity index is 1.36. The molecule has 1 saturated heterocycles. The SMILES string of the molecule is C[C@@H]1CCCN(c2ccc(CNS(=O)(=O)c3nnc(NC(=O)c4ccccc4Cl)s3)cc2)C1. The molecular formula is C22H24ClN5O3S2. The average Bonchev–Trinajstić information content (AvgIpc) is 3.28. The molecule has 1 fully saturated rings. The fourth-order valence-corrected chi connectivity index (χ4v) is 5.84. The lowest BCUT2D eigenvalue weighted by Crippen LogP contribution is -2.34. The Morgan fingerprint density at radius 3 is 2.67 bits per heavy atom. The molecule has 0 radical (unpaired) electrons. The summed E-state index contributed by atoms with van der Waals surface area (Å²) in [7, 11) is -3.88. The Morgan fingerprint density at radius 1 is 1.18 bits per heavy atom. The number of hydrogen-bond acceptors (Lipinski definition) is 7. The van der Waals surface area contributed by atoms with Gasteiger partial charge in [0, 0.05) is 25.3 Å². The van der Waals surface area contributed by atoms with Crippen molar-refractivity contribution < 1.29 is 13.2 Å². The number of benzene rings is 2. The molecular weight excluding hydrogens is 482 g/mol. The van der Waals surface area contributed by atoms with Gasteiger partial charge >= 0.3 is 0 Å². The molecule has 4 rings (SSSR count). The lowest BCUT2D eigenvalue weighted by molar-refractivity contribution is 0.102. The van der Waals surface area contributed by atoms with Crippen LogP contribution in [0.2, 0.25) is 5.02 Å². The van der Waals surface area contributed by atoms with Gasteiger partial charge in [-0.05, 0) is 48.6 Å². The molecule has 1 aliphatic rings. The summed E-state index contributed by atoms with van der Waals surface area (Å²) >= 11 is 6.79. The highest BCUT2D eigenvalue weighted by Crippen LogP contribution is 2.24. The summed E-state index contributed by atoms with van der Waals surface area (Å²) in [5.41, 5.74) is 2.25. The summed E-state index contributed by atoms with van der Waals surface area (Å²) in [4.78, 5) is 14.7. The molecule has 11 heteroatoms. The number of aromatic nitrogens is 2. The van der Waals surface area contributed by atoms with Crippen LogP contribution in [0.3, 0.4) is 0 Å². The van der Waals surface area contributed by atoms with Crippen LogP contribution < -0.4 is 14.9 Å². The first-order valence-electron chi connectivity index (χ1n) is 10.5. The highest BCUT2D eigenvalue weighted by Gasteiger charge is 2.22. The van der Waals surface area contributed by atoms with Crippen molar-refractivity contribution in [1.82, 2.24) is 14.9 Å². The highest BCUT2D eigenvalue weighted by atomic mass is 35.5. The minimum atomic E-state index is -3.88. The number of hydrogen-bond donors (Lipinski definition) is 2. The van der Waals surface area contributed by atoms with Crippen molar-refractivity contribution in [2.45, 2.75) is 30.6 Å². The second-order valence-corrected chi connectivity index (χ2v) is 11.3. The van der Waals surface area contributed by atoms with E-state index in [1.165, 1.54) is 12.8 Å². The van der Waals surface area contributed by atoms with Crippen LogP contribution in [-0.4, -0.2) is 37.6 Å². The third-order valence-electron chi connectivity index (χ3n) is 5.40. The van der Waals surface area contributed by atoms with Crippen LogP contribution in [0.4, 0.5) is 10.8 Å². The fraction of sp³-hybridized carbons (Fsp3) is 0.318. The number of piperidine rings is 1. The maximum absolute atomic E-state index is 12.6. The van der Waals surface area contributed by atoms with Crippen LogP contribution >= 0.6 is 22.9 Å². The molecule has 1 amide bonds. The van der Waals surface area contributed by atoms with E-state index in [1.807, 2.05) is 24.3 Å². The van der Waals surface area contributed by atoms with Gasteiger partial charge in [0.05, 0.1) is 10.6 Å². The summed E-state index contributed by atoms with van der Waals surface area (Å²) in [6.45, 7) is 4.47. The maximum Gasteiger partial charge on any atom is 0.270 e. The zero-order valence-electron chi connectivity index (χ0n) is 18.0. The zero-order valence-corrected chi connectivity index (χ0v) is 20.4. The van der Waals surface area contributed by atoms with Gasteiger partial charge in [-0.15, -0.1) is 10.2 Å². The summed E-state index contributed by atoms with van der Waals surface area (Å²) < 4.78 is 27.6. The van der Waals surface area contributed by atoms with Crippen molar-refractivity contribution in [2.75, 3.05) is 23.3 Å². The lowest BCUT2D eigenvalue weighted by atomic mass is 9.99. The van der Waals surface area contributed by atoms with Gasteiger partial charge in [-0.25, -0.2) is 13.1 Å². The molecule has 1 atom stereocenters. The van der Waals surface area contributed by atoms with Crippen LogP contribution in [0.5, 0.6) is 0 Å². The number of rotatable bonds is 7. The monoisotopic (exact) mass is 505 g/mol. The maximum atomic E-state index is 12.6. The second-order valence-electron chi connectivity index (χ2n) is 7.99. The largest absolute Gasteiger partial charge is 0.371 e. The predicted molar refractivity (Wildman–Crippen MR) is 130 cm³/mol. The Bertz CT molecular complexity index is 1230. The van der Waals surface area contributed by atoms with Crippen molar-refractivity contribution in [3.05, 3.63) is 64.7 Å². The van der Waals surface area contributed by atoms with Crippen molar-refractivity contribution in [3.63, 3.8) is 0 Å². The van der Waals surface area contributed by atoms with E-state index in [2.05, 4.69) is 32.1 Å². The number of nitrogens with one attached hydrogen (secondary N) is 2. The van der Waals surface area contributed by atoms with E-state index < -0.39 is 15.9 Å². The molecule has 2 N–H and O–H groups in total. The highest BCUT2D eigenvalue weighted by molar-refractivity contribution is 7.91. The van der Waals surface area contributed by atoms with Gasteiger partial charge in [0.1, 0.15) is 0 Å². The van der Waals surface area contributed by atoms with E-state index in [1.54, 1.807) is 24.3 Å². The quantitative estimate of drug-likeness (QED) is 0.467. The minimum absolute atomic E-state index is 0.0698. The van der Waals surface area contributed by atoms with Crippen molar-refractivity contribution in [2.24, 2.45) is 5.92 Å². The number of carbonyl (C=O) groups is 1. The first-order valence-corrected chi connectivity index (χ1v) is 13.2. The second kappa shape index (κ2) is 10.2. The Hall–Kier alpha value is -2.53. The number of amides is 1. The molecule has 2 aromatic carbocycles. The summed E-state index contributed by atoms with van der Waals surface area (Å²) in [6, 6.07) is 14.4. The van der Waals surface area contributed by atoms with Gasteiger partial charge in [-0.2, -0.15) is 0 Å². The first kappa shape index (κ1) is 23.6. The van der Waals surface area contributed by atoms with E-state index in [-0.39, 0.29) is 26.6 Å². The van der Waals surface area contributed by atoms with Gasteiger partial charge in [-0.1, -0.05) is 54.1 Å². The van der Waals surface area contributed by atoms with Gasteiger partial charge in [0.2, 0.25) is 9.47 Å². The minimum Gasteiger partial charge on any atom is -0.371 e. The summed E-state index contributed by atoms with van der Waals surface area (Å²) in [6.07, 6.45) is 2.44. The van der Waals surface area contributed by atoms with Crippen LogP contribution in [0.25, 0.3) is 0 Å². The smallest absolute Gasteiger partial charge is 0.270 e. The molecule has 8 nitrogen and oxygen atoms in total. The molecule has 0 aliphatic carbocycles. The van der Waals surface area contributed by atoms with Crippen molar-refractivity contribution in [3.8, 4) is 0 Å². The van der Waals surface area contributed by atoms with E-state index in [9.17, 15) is 13.2 Å². The number of nitrogens with zero attached hydrogens (tertiary/aromatic N) is 3. The summed E-state index contributed by atoms with van der Waals surface area (Å²) in [5, 5.41) is 10.4. The van der Waals surface area contributed by atoms with Crippen molar-refractivity contribution in [1.29, 1.82) is 0 Å². The Labute approximate surface area is 202 Å². The molecule has 174 valence electrons. The first-order chi connectivity index (χ1) is 15.8.